The number of rotatable bonds is 12. The molecule has 1 heterocycles. The van der Waals surface area contributed by atoms with Crippen LogP contribution in [0.5, 0.6) is 0 Å². The Hall–Kier alpha value is -3.53. The number of methoxy groups -OCH3 is 1. The number of ether oxygens (including phenoxy) is 3. The molecule has 3 N–H and O–H groups in total. The fourth-order valence-corrected chi connectivity index (χ4v) is 5.00. The van der Waals surface area contributed by atoms with Gasteiger partial charge in [0.1, 0.15) is 6.10 Å². The Kier molecular flexibility index (Phi) is 14.8. The van der Waals surface area contributed by atoms with Crippen LogP contribution in [0.2, 0.25) is 0 Å². The summed E-state index contributed by atoms with van der Waals surface area (Å²) < 4.78 is 16.9. The number of cyclic esters (lactones) is 1. The van der Waals surface area contributed by atoms with Crippen LogP contribution >= 0.6 is 0 Å². The minimum absolute atomic E-state index is 0.00911. The Bertz CT molecular complexity index is 1110. The molecule has 228 valence electrons. The number of aliphatic hydroxyl groups excluding tert-OH is 1. The first-order valence-corrected chi connectivity index (χ1v) is 14.7. The number of carbonyl (C=O) groups excluding carboxylic acids is 3. The molecule has 0 radical (unpaired) electrons. The molecule has 2 aromatic carbocycles. The minimum Gasteiger partial charge on any atom is -0.455 e. The number of amides is 2. The second-order valence-electron chi connectivity index (χ2n) is 10.5. The van der Waals surface area contributed by atoms with Crippen molar-refractivity contribution in [2.24, 2.45) is 11.8 Å². The summed E-state index contributed by atoms with van der Waals surface area (Å²) in [5, 5.41) is 14.6. The van der Waals surface area contributed by atoms with Gasteiger partial charge in [-0.15, -0.1) is 0 Å². The molecule has 1 aliphatic heterocycles. The first-order chi connectivity index (χ1) is 20.5. The predicted octanol–water partition coefficient (Wildman–Crippen LogP) is 3.52. The molecule has 0 saturated carbocycles. The Morgan fingerprint density at radius 3 is 2.48 bits per heavy atom. The number of benzene rings is 2. The molecule has 0 bridgehead atoms. The Morgan fingerprint density at radius 1 is 1.02 bits per heavy atom. The van der Waals surface area contributed by atoms with Crippen LogP contribution in [0.1, 0.15) is 49.3 Å². The van der Waals surface area contributed by atoms with Crippen LogP contribution in [0.3, 0.4) is 0 Å². The van der Waals surface area contributed by atoms with Gasteiger partial charge < -0.3 is 30.0 Å². The van der Waals surface area contributed by atoms with Crippen molar-refractivity contribution in [3.8, 4) is 0 Å². The van der Waals surface area contributed by atoms with Crippen molar-refractivity contribution < 1.29 is 33.7 Å². The van der Waals surface area contributed by atoms with E-state index in [4.69, 9.17) is 19.3 Å². The molecule has 3 rings (SSSR count). The van der Waals surface area contributed by atoms with Gasteiger partial charge in [0.15, 0.2) is 0 Å². The summed E-state index contributed by atoms with van der Waals surface area (Å²) >= 11 is 0. The third-order valence-electron chi connectivity index (χ3n) is 7.19. The number of nitrogens with one attached hydrogen (secondary N) is 2. The van der Waals surface area contributed by atoms with E-state index in [0.717, 1.165) is 24.0 Å². The first-order valence-electron chi connectivity index (χ1n) is 14.7. The standard InChI is InChI=1S/C33H44N2O7/c1-40-24-29-31(26-14-10-5-11-15-26)42-33(39)28(22-25-12-6-4-7-13-25)17-9-3-2-8-16-27(32(38)35-29)23-30(37)34-18-20-41-21-19-36/h2,4-8,10-15,27-29,31,36H,3,9,16-24H2,1H3,(H,34,37)(H,35,38). The van der Waals surface area contributed by atoms with Crippen LogP contribution in [0.25, 0.3) is 0 Å². The summed E-state index contributed by atoms with van der Waals surface area (Å²) in [4.78, 5) is 40.0. The molecule has 9 heteroatoms. The van der Waals surface area contributed by atoms with Crippen molar-refractivity contribution in [2.45, 2.75) is 50.7 Å². The fourth-order valence-electron chi connectivity index (χ4n) is 5.00. The lowest BCUT2D eigenvalue weighted by Crippen LogP contribution is -2.47. The first kappa shape index (κ1) is 33.0. The van der Waals surface area contributed by atoms with Gasteiger partial charge in [0, 0.05) is 20.1 Å². The molecular weight excluding hydrogens is 536 g/mol. The molecule has 4 atom stereocenters. The molecule has 2 aromatic rings. The van der Waals surface area contributed by atoms with E-state index in [-0.39, 0.29) is 63.1 Å². The maximum absolute atomic E-state index is 13.7. The highest BCUT2D eigenvalue weighted by molar-refractivity contribution is 5.86. The van der Waals surface area contributed by atoms with Crippen LogP contribution in [0.15, 0.2) is 72.8 Å². The average Bonchev–Trinajstić information content (AvgIpc) is 3.00. The number of hydrogen-bond acceptors (Lipinski definition) is 7. The Labute approximate surface area is 248 Å². The fraction of sp³-hybridized carbons (Fsp3) is 0.485. The van der Waals surface area contributed by atoms with Crippen molar-refractivity contribution >= 4 is 17.8 Å². The van der Waals surface area contributed by atoms with E-state index < -0.39 is 18.1 Å². The van der Waals surface area contributed by atoms with Gasteiger partial charge in [0.2, 0.25) is 11.8 Å². The molecular formula is C33H44N2O7. The second kappa shape index (κ2) is 18.8. The Morgan fingerprint density at radius 2 is 1.76 bits per heavy atom. The molecule has 4 unspecified atom stereocenters. The molecule has 0 aromatic heterocycles. The molecule has 1 aliphatic rings. The van der Waals surface area contributed by atoms with E-state index in [9.17, 15) is 14.4 Å². The lowest BCUT2D eigenvalue weighted by molar-refractivity contribution is -0.158. The highest BCUT2D eigenvalue weighted by Gasteiger charge is 2.33. The minimum atomic E-state index is -0.780. The van der Waals surface area contributed by atoms with Gasteiger partial charge in [-0.05, 0) is 43.2 Å². The topological polar surface area (TPSA) is 123 Å². The normalized spacial score (nSPS) is 22.0. The summed E-state index contributed by atoms with van der Waals surface area (Å²) in [6, 6.07) is 18.6. The van der Waals surface area contributed by atoms with E-state index >= 15 is 0 Å². The quantitative estimate of drug-likeness (QED) is 0.199. The number of carbonyl (C=O) groups is 3. The molecule has 42 heavy (non-hydrogen) atoms. The van der Waals surface area contributed by atoms with Crippen molar-refractivity contribution in [1.82, 2.24) is 10.6 Å². The van der Waals surface area contributed by atoms with Gasteiger partial charge >= 0.3 is 5.97 Å². The Balaban J connectivity index is 1.83. The zero-order valence-electron chi connectivity index (χ0n) is 24.4. The van der Waals surface area contributed by atoms with Gasteiger partial charge in [-0.25, -0.2) is 0 Å². The molecule has 0 aliphatic carbocycles. The summed E-state index contributed by atoms with van der Waals surface area (Å²) in [6.07, 6.45) is 6.31. The second-order valence-corrected chi connectivity index (χ2v) is 10.5. The zero-order valence-corrected chi connectivity index (χ0v) is 24.4. The summed E-state index contributed by atoms with van der Waals surface area (Å²) in [5.74, 6) is -1.87. The van der Waals surface area contributed by atoms with Crippen LogP contribution in [0, 0.1) is 11.8 Å². The van der Waals surface area contributed by atoms with Crippen LogP contribution < -0.4 is 10.6 Å². The van der Waals surface area contributed by atoms with E-state index in [1.54, 1.807) is 0 Å². The maximum Gasteiger partial charge on any atom is 0.309 e. The van der Waals surface area contributed by atoms with Crippen LogP contribution in [0.4, 0.5) is 0 Å². The van der Waals surface area contributed by atoms with Crippen LogP contribution in [-0.2, 0) is 35.0 Å². The van der Waals surface area contributed by atoms with E-state index in [1.807, 2.05) is 72.8 Å². The van der Waals surface area contributed by atoms with Gasteiger partial charge in [0.25, 0.3) is 0 Å². The van der Waals surface area contributed by atoms with Crippen LogP contribution in [-0.4, -0.2) is 69.0 Å². The zero-order chi connectivity index (χ0) is 30.0. The van der Waals surface area contributed by atoms with Gasteiger partial charge in [-0.1, -0.05) is 72.8 Å². The molecule has 0 spiro atoms. The highest BCUT2D eigenvalue weighted by atomic mass is 16.5. The predicted molar refractivity (Wildman–Crippen MR) is 159 cm³/mol. The largest absolute Gasteiger partial charge is 0.455 e. The summed E-state index contributed by atoms with van der Waals surface area (Å²) in [7, 11) is 1.53. The molecule has 0 fully saturated rings. The highest BCUT2D eigenvalue weighted by Crippen LogP contribution is 2.27. The molecule has 0 saturated heterocycles. The maximum atomic E-state index is 13.7. The third kappa shape index (κ3) is 11.4. The van der Waals surface area contributed by atoms with Crippen molar-refractivity contribution in [1.29, 1.82) is 0 Å². The van der Waals surface area contributed by atoms with Gasteiger partial charge in [-0.2, -0.15) is 0 Å². The number of hydrogen-bond donors (Lipinski definition) is 3. The smallest absolute Gasteiger partial charge is 0.309 e. The molecule has 2 amide bonds. The lowest BCUT2D eigenvalue weighted by atomic mass is 9.92. The number of allylic oxidation sites excluding steroid dienone is 2. The summed E-state index contributed by atoms with van der Waals surface area (Å²) in [6.45, 7) is 0.781. The number of esters is 1. The van der Waals surface area contributed by atoms with E-state index in [0.29, 0.717) is 19.3 Å². The number of aliphatic hydroxyl groups is 1. The lowest BCUT2D eigenvalue weighted by Gasteiger charge is -2.30. The SMILES string of the molecule is COCC1NC(=O)C(CC(=O)NCCOCCO)CC=CCCCC(Cc2ccccc2)C(=O)OC1c1ccccc1. The molecule has 9 nitrogen and oxygen atoms in total. The average molecular weight is 581 g/mol. The van der Waals surface area contributed by atoms with E-state index in [1.165, 1.54) is 7.11 Å². The third-order valence-corrected chi connectivity index (χ3v) is 7.19. The summed E-state index contributed by atoms with van der Waals surface area (Å²) in [5.41, 5.74) is 1.81. The monoisotopic (exact) mass is 580 g/mol. The van der Waals surface area contributed by atoms with Gasteiger partial charge in [0.05, 0.1) is 44.3 Å². The van der Waals surface area contributed by atoms with Crippen molar-refractivity contribution in [3.63, 3.8) is 0 Å². The van der Waals surface area contributed by atoms with Gasteiger partial charge in [-0.3, -0.25) is 14.4 Å². The van der Waals surface area contributed by atoms with Crippen molar-refractivity contribution in [3.05, 3.63) is 83.9 Å². The van der Waals surface area contributed by atoms with Crippen molar-refractivity contribution in [2.75, 3.05) is 40.1 Å². The van der Waals surface area contributed by atoms with E-state index in [2.05, 4.69) is 10.6 Å².